The molecule has 78 valence electrons. The Kier molecular flexibility index (Phi) is 3.85. The van der Waals surface area contributed by atoms with E-state index in [0.717, 1.165) is 0 Å². The highest BCUT2D eigenvalue weighted by atomic mass is 16.5. The molecular weight excluding hydrogens is 182 g/mol. The molecular formula is C10H15NO3. The quantitative estimate of drug-likeness (QED) is 0.752. The number of aliphatic hydroxyl groups is 2. The lowest BCUT2D eigenvalue weighted by molar-refractivity contribution is 0.0302. The average molecular weight is 197 g/mol. The molecule has 2 unspecified atom stereocenters. The first-order valence-corrected chi connectivity index (χ1v) is 4.59. The molecule has 4 nitrogen and oxygen atoms in total. The molecule has 1 heterocycles. The molecule has 0 fully saturated rings. The molecule has 0 aliphatic carbocycles. The highest BCUT2D eigenvalue weighted by molar-refractivity contribution is 5.25. The van der Waals surface area contributed by atoms with Crippen molar-refractivity contribution >= 4 is 0 Å². The summed E-state index contributed by atoms with van der Waals surface area (Å²) >= 11 is 0. The third kappa shape index (κ3) is 2.68. The standard InChI is InChI=1S/C10H15NO3/c1-3-14-9-4-8(5-11-6-9)10(13)7(2)12/h4-7,10,12-13H,3H2,1-2H3. The number of hydrogen-bond acceptors (Lipinski definition) is 4. The predicted octanol–water partition coefficient (Wildman–Crippen LogP) is 0.894. The van der Waals surface area contributed by atoms with Crippen LogP contribution < -0.4 is 4.74 Å². The van der Waals surface area contributed by atoms with Crippen LogP contribution in [0.2, 0.25) is 0 Å². The zero-order valence-corrected chi connectivity index (χ0v) is 8.34. The fourth-order valence-corrected chi connectivity index (χ4v) is 1.12. The highest BCUT2D eigenvalue weighted by Gasteiger charge is 2.14. The summed E-state index contributed by atoms with van der Waals surface area (Å²) in [5.41, 5.74) is 0.561. The van der Waals surface area contributed by atoms with Crippen molar-refractivity contribution in [3.63, 3.8) is 0 Å². The van der Waals surface area contributed by atoms with Crippen LogP contribution in [0.25, 0.3) is 0 Å². The van der Waals surface area contributed by atoms with Crippen molar-refractivity contribution in [3.8, 4) is 5.75 Å². The van der Waals surface area contributed by atoms with Crippen molar-refractivity contribution in [1.82, 2.24) is 4.98 Å². The van der Waals surface area contributed by atoms with Crippen molar-refractivity contribution in [2.45, 2.75) is 26.1 Å². The lowest BCUT2D eigenvalue weighted by atomic mass is 10.1. The van der Waals surface area contributed by atoms with Crippen molar-refractivity contribution < 1.29 is 14.9 Å². The van der Waals surface area contributed by atoms with Crippen LogP contribution in [-0.4, -0.2) is 27.9 Å². The van der Waals surface area contributed by atoms with Gasteiger partial charge < -0.3 is 14.9 Å². The topological polar surface area (TPSA) is 62.6 Å². The zero-order valence-electron chi connectivity index (χ0n) is 8.34. The fraction of sp³-hybridized carbons (Fsp3) is 0.500. The van der Waals surface area contributed by atoms with Gasteiger partial charge in [0.25, 0.3) is 0 Å². The first kappa shape index (κ1) is 10.9. The maximum Gasteiger partial charge on any atom is 0.137 e. The number of pyridine rings is 1. The minimum Gasteiger partial charge on any atom is -0.492 e. The summed E-state index contributed by atoms with van der Waals surface area (Å²) in [5.74, 6) is 0.602. The van der Waals surface area contributed by atoms with Gasteiger partial charge in [0.05, 0.1) is 18.9 Å². The van der Waals surface area contributed by atoms with Crippen LogP contribution in [0.5, 0.6) is 5.75 Å². The second-order valence-electron chi connectivity index (χ2n) is 3.07. The molecule has 1 rings (SSSR count). The van der Waals surface area contributed by atoms with E-state index in [1.807, 2.05) is 6.92 Å². The van der Waals surface area contributed by atoms with E-state index in [9.17, 15) is 10.2 Å². The van der Waals surface area contributed by atoms with Gasteiger partial charge in [-0.2, -0.15) is 0 Å². The Labute approximate surface area is 83.2 Å². The molecule has 4 heteroatoms. The van der Waals surface area contributed by atoms with Crippen LogP contribution in [0.15, 0.2) is 18.5 Å². The summed E-state index contributed by atoms with van der Waals surface area (Å²) in [4.78, 5) is 3.91. The summed E-state index contributed by atoms with van der Waals surface area (Å²) in [5, 5.41) is 18.7. The van der Waals surface area contributed by atoms with Crippen molar-refractivity contribution in [2.75, 3.05) is 6.61 Å². The normalized spacial score (nSPS) is 14.9. The first-order chi connectivity index (χ1) is 6.65. The number of hydrogen-bond donors (Lipinski definition) is 2. The first-order valence-electron chi connectivity index (χ1n) is 4.59. The van der Waals surface area contributed by atoms with E-state index in [1.165, 1.54) is 13.1 Å². The third-order valence-electron chi connectivity index (χ3n) is 1.84. The third-order valence-corrected chi connectivity index (χ3v) is 1.84. The van der Waals surface area contributed by atoms with Crippen molar-refractivity contribution in [2.24, 2.45) is 0 Å². The highest BCUT2D eigenvalue weighted by Crippen LogP contribution is 2.20. The predicted molar refractivity (Wildman–Crippen MR) is 52.0 cm³/mol. The van der Waals surface area contributed by atoms with Crippen molar-refractivity contribution in [3.05, 3.63) is 24.0 Å². The van der Waals surface area contributed by atoms with Crippen molar-refractivity contribution in [1.29, 1.82) is 0 Å². The zero-order chi connectivity index (χ0) is 10.6. The number of aliphatic hydroxyl groups excluding tert-OH is 2. The van der Waals surface area contributed by atoms with Crippen LogP contribution in [0, 0.1) is 0 Å². The molecule has 0 spiro atoms. The summed E-state index contributed by atoms with van der Waals surface area (Å²) < 4.78 is 5.22. The molecule has 0 aliphatic rings. The van der Waals surface area contributed by atoms with E-state index >= 15 is 0 Å². The van der Waals surface area contributed by atoms with Gasteiger partial charge in [-0.05, 0) is 19.9 Å². The van der Waals surface area contributed by atoms with E-state index < -0.39 is 12.2 Å². The number of nitrogens with zero attached hydrogens (tertiary/aromatic N) is 1. The molecule has 0 radical (unpaired) electrons. The van der Waals surface area contributed by atoms with E-state index in [4.69, 9.17) is 4.74 Å². The maximum absolute atomic E-state index is 9.54. The van der Waals surface area contributed by atoms with Gasteiger partial charge in [0.2, 0.25) is 0 Å². The number of aromatic nitrogens is 1. The Balaban J connectivity index is 2.82. The minimum atomic E-state index is -0.914. The maximum atomic E-state index is 9.54. The van der Waals surface area contributed by atoms with Crippen LogP contribution in [0.1, 0.15) is 25.5 Å². The summed E-state index contributed by atoms with van der Waals surface area (Å²) in [6, 6.07) is 1.67. The lowest BCUT2D eigenvalue weighted by Crippen LogP contribution is -2.14. The molecule has 0 saturated heterocycles. The van der Waals surface area contributed by atoms with E-state index in [2.05, 4.69) is 4.98 Å². The summed E-state index contributed by atoms with van der Waals surface area (Å²) in [7, 11) is 0. The Hall–Kier alpha value is -1.13. The number of rotatable bonds is 4. The van der Waals surface area contributed by atoms with E-state index in [1.54, 1.807) is 12.3 Å². The lowest BCUT2D eigenvalue weighted by Gasteiger charge is -2.14. The summed E-state index contributed by atoms with van der Waals surface area (Å²) in [6.45, 7) is 3.95. The van der Waals surface area contributed by atoms with Crippen LogP contribution in [0.3, 0.4) is 0 Å². The molecule has 0 aliphatic heterocycles. The molecule has 2 N–H and O–H groups in total. The molecule has 0 bridgehead atoms. The van der Waals surface area contributed by atoms with Gasteiger partial charge in [-0.15, -0.1) is 0 Å². The smallest absolute Gasteiger partial charge is 0.137 e. The largest absolute Gasteiger partial charge is 0.492 e. The van der Waals surface area contributed by atoms with E-state index in [0.29, 0.717) is 17.9 Å². The van der Waals surface area contributed by atoms with Crippen LogP contribution in [0.4, 0.5) is 0 Å². The molecule has 2 atom stereocenters. The van der Waals surface area contributed by atoms with E-state index in [-0.39, 0.29) is 0 Å². The molecule has 1 aromatic heterocycles. The van der Waals surface area contributed by atoms with Gasteiger partial charge in [0.1, 0.15) is 11.9 Å². The van der Waals surface area contributed by atoms with Gasteiger partial charge in [-0.25, -0.2) is 0 Å². The average Bonchev–Trinajstić information content (AvgIpc) is 2.17. The molecule has 1 aromatic rings. The Morgan fingerprint density at radius 1 is 1.43 bits per heavy atom. The second-order valence-corrected chi connectivity index (χ2v) is 3.07. The van der Waals surface area contributed by atoms with Gasteiger partial charge in [0.15, 0.2) is 0 Å². The summed E-state index contributed by atoms with van der Waals surface area (Å²) in [6.07, 6.45) is 1.36. The second kappa shape index (κ2) is 4.93. The van der Waals surface area contributed by atoms with Gasteiger partial charge in [-0.1, -0.05) is 0 Å². The fourth-order valence-electron chi connectivity index (χ4n) is 1.12. The minimum absolute atomic E-state index is 0.551. The Morgan fingerprint density at radius 3 is 2.71 bits per heavy atom. The molecule has 0 amide bonds. The van der Waals surface area contributed by atoms with Gasteiger partial charge >= 0.3 is 0 Å². The Bertz CT molecular complexity index is 288. The molecule has 0 aromatic carbocycles. The number of ether oxygens (including phenoxy) is 1. The molecule has 14 heavy (non-hydrogen) atoms. The Morgan fingerprint density at radius 2 is 2.14 bits per heavy atom. The monoisotopic (exact) mass is 197 g/mol. The van der Waals surface area contributed by atoms with Crippen LogP contribution >= 0.6 is 0 Å². The molecule has 0 saturated carbocycles. The van der Waals surface area contributed by atoms with Gasteiger partial charge in [-0.3, -0.25) is 4.98 Å². The van der Waals surface area contributed by atoms with Crippen LogP contribution in [-0.2, 0) is 0 Å². The SMILES string of the molecule is CCOc1cncc(C(O)C(C)O)c1. The van der Waals surface area contributed by atoms with Gasteiger partial charge in [0, 0.05) is 11.8 Å².